The van der Waals surface area contributed by atoms with E-state index >= 15 is 0 Å². The van der Waals surface area contributed by atoms with Crippen molar-refractivity contribution in [3.63, 3.8) is 0 Å². The third-order valence-corrected chi connectivity index (χ3v) is 7.99. The van der Waals surface area contributed by atoms with Gasteiger partial charge in [-0.15, -0.1) is 6.58 Å². The molecule has 1 N–H and O–H groups in total. The lowest BCUT2D eigenvalue weighted by Crippen LogP contribution is -2.65. The second-order valence-electron chi connectivity index (χ2n) is 10.6. The molecule has 1 unspecified atom stereocenters. The fraction of sp³-hybridized carbons (Fsp3) is 0.533. The van der Waals surface area contributed by atoms with E-state index in [1.807, 2.05) is 35.2 Å². The first-order valence-electron chi connectivity index (χ1n) is 13.8. The van der Waals surface area contributed by atoms with Gasteiger partial charge in [0.15, 0.2) is 5.78 Å². The molecule has 2 amide bonds. The molecule has 0 aromatic heterocycles. The number of hydrogen-bond donors (Lipinski definition) is 1. The average Bonchev–Trinajstić information content (AvgIpc) is 2.90. The Hall–Kier alpha value is -2.91. The summed E-state index contributed by atoms with van der Waals surface area (Å²) >= 11 is 0. The summed E-state index contributed by atoms with van der Waals surface area (Å²) in [6.07, 6.45) is 4.53. The van der Waals surface area contributed by atoms with Gasteiger partial charge in [0.05, 0.1) is 12.2 Å². The zero-order valence-corrected chi connectivity index (χ0v) is 22.3. The predicted molar refractivity (Wildman–Crippen MR) is 144 cm³/mol. The number of ether oxygens (including phenoxy) is 1. The highest BCUT2D eigenvalue weighted by Gasteiger charge is 2.50. The van der Waals surface area contributed by atoms with Crippen molar-refractivity contribution in [2.45, 2.75) is 62.3 Å². The monoisotopic (exact) mass is 545 g/mol. The number of ketones is 1. The molecule has 4 rings (SSSR count). The maximum Gasteiger partial charge on any atom is 0.416 e. The smallest absolute Gasteiger partial charge is 0.369 e. The van der Waals surface area contributed by atoms with Crippen LogP contribution in [0.5, 0.6) is 0 Å². The number of hydrogen-bond acceptors (Lipinski definition) is 4. The molecule has 3 aliphatic rings. The zero-order chi connectivity index (χ0) is 27.9. The molecule has 0 bridgehead atoms. The van der Waals surface area contributed by atoms with Crippen molar-refractivity contribution in [2.75, 3.05) is 39.3 Å². The predicted octanol–water partition coefficient (Wildman–Crippen LogP) is 5.39. The number of nitrogens with one attached hydrogen (secondary N) is 1. The zero-order valence-electron chi connectivity index (χ0n) is 22.3. The number of nitrogens with zero attached hydrogens (tertiary/aromatic N) is 2. The summed E-state index contributed by atoms with van der Waals surface area (Å²) in [6, 6.07) is 9.56. The number of amides is 2. The van der Waals surface area contributed by atoms with Crippen LogP contribution in [0.1, 0.15) is 50.0 Å². The average molecular weight is 546 g/mol. The fourth-order valence-corrected chi connectivity index (χ4v) is 5.59. The summed E-state index contributed by atoms with van der Waals surface area (Å²) in [5, 5.41) is 3.10. The van der Waals surface area contributed by atoms with Gasteiger partial charge in [0.25, 0.3) is 0 Å². The van der Waals surface area contributed by atoms with Crippen LogP contribution in [0.3, 0.4) is 0 Å². The van der Waals surface area contributed by atoms with Crippen molar-refractivity contribution >= 4 is 11.8 Å². The van der Waals surface area contributed by atoms with Crippen LogP contribution in [0.4, 0.5) is 18.0 Å². The third-order valence-electron chi connectivity index (χ3n) is 7.99. The van der Waals surface area contributed by atoms with Gasteiger partial charge in [0.1, 0.15) is 11.6 Å². The minimum Gasteiger partial charge on any atom is -0.369 e. The van der Waals surface area contributed by atoms with Gasteiger partial charge < -0.3 is 15.0 Å². The molecule has 2 atom stereocenters. The van der Waals surface area contributed by atoms with Crippen LogP contribution in [-0.2, 0) is 9.53 Å². The van der Waals surface area contributed by atoms with Crippen LogP contribution in [-0.4, -0.2) is 78.8 Å². The number of allylic oxidation sites excluding steroid dienone is 4. The molecule has 1 aromatic rings. The van der Waals surface area contributed by atoms with Crippen molar-refractivity contribution < 1.29 is 27.5 Å². The van der Waals surface area contributed by atoms with Crippen molar-refractivity contribution in [3.8, 4) is 0 Å². The van der Waals surface area contributed by atoms with Crippen molar-refractivity contribution in [1.29, 1.82) is 0 Å². The quantitative estimate of drug-likeness (QED) is 0.334. The molecule has 2 heterocycles. The first-order valence-corrected chi connectivity index (χ1v) is 13.8. The van der Waals surface area contributed by atoms with E-state index < -0.39 is 23.4 Å². The number of piperazine rings is 1. The lowest BCUT2D eigenvalue weighted by atomic mass is 9.73. The highest BCUT2D eigenvalue weighted by atomic mass is 19.4. The summed E-state index contributed by atoms with van der Waals surface area (Å²) in [5.74, 6) is -0.0668. The van der Waals surface area contributed by atoms with Gasteiger partial charge in [-0.1, -0.05) is 73.9 Å². The Labute approximate surface area is 228 Å². The number of carbonyl (C=O) groups excluding carboxylic acids is 2. The topological polar surface area (TPSA) is 61.9 Å². The summed E-state index contributed by atoms with van der Waals surface area (Å²) in [7, 11) is 0. The molecule has 3 fully saturated rings. The third kappa shape index (κ3) is 7.19. The molecule has 1 aliphatic carbocycles. The summed E-state index contributed by atoms with van der Waals surface area (Å²) in [6.45, 7) is 5.81. The van der Waals surface area contributed by atoms with E-state index in [0.717, 1.165) is 30.9 Å². The molecule has 6 nitrogen and oxygen atoms in total. The second-order valence-corrected chi connectivity index (χ2v) is 10.6. The normalized spacial score (nSPS) is 24.3. The SMILES string of the molecule is C=CC/C=C\C(=C/CN1CCN(C(=O)NC2(C(=O)C3OC[C@H]3c3ccccc3)CCCCC2)CC1)C(F)(F)F. The Morgan fingerprint density at radius 3 is 2.36 bits per heavy atom. The first kappa shape index (κ1) is 29.1. The molecule has 2 aliphatic heterocycles. The van der Waals surface area contributed by atoms with Gasteiger partial charge >= 0.3 is 12.2 Å². The summed E-state index contributed by atoms with van der Waals surface area (Å²) in [4.78, 5) is 30.7. The Balaban J connectivity index is 1.35. The minimum atomic E-state index is -4.43. The first-order chi connectivity index (χ1) is 18.7. The van der Waals surface area contributed by atoms with E-state index in [9.17, 15) is 22.8 Å². The van der Waals surface area contributed by atoms with Crippen molar-refractivity contribution in [3.05, 3.63) is 72.4 Å². The van der Waals surface area contributed by atoms with Crippen LogP contribution in [0.2, 0.25) is 0 Å². The Bertz CT molecular complexity index is 1060. The standard InChI is InChI=1S/C30H38F3N3O3/c1-2-3-6-13-24(30(31,32)33)14-17-35-18-20-36(21-19-35)28(38)34-29(15-9-5-10-16-29)27(37)26-25(22-39-26)23-11-7-4-8-12-23/h2,4,6-8,11-14,25-26H,1,3,5,9-10,15-22H2,(H,34,38)/b13-6-,24-14+/t25-,26?/m0/s1. The fourth-order valence-electron chi connectivity index (χ4n) is 5.59. The lowest BCUT2D eigenvalue weighted by molar-refractivity contribution is -0.155. The molecule has 212 valence electrons. The maximum atomic E-state index is 13.8. The molecule has 2 saturated heterocycles. The van der Waals surface area contributed by atoms with Crippen LogP contribution in [0.25, 0.3) is 0 Å². The highest BCUT2D eigenvalue weighted by Crippen LogP contribution is 2.38. The lowest BCUT2D eigenvalue weighted by Gasteiger charge is -2.45. The van der Waals surface area contributed by atoms with Crippen LogP contribution in [0, 0.1) is 0 Å². The van der Waals surface area contributed by atoms with Crippen LogP contribution in [0.15, 0.2) is 66.8 Å². The van der Waals surface area contributed by atoms with Crippen LogP contribution < -0.4 is 5.32 Å². The number of carbonyl (C=O) groups is 2. The largest absolute Gasteiger partial charge is 0.416 e. The second kappa shape index (κ2) is 13.0. The van der Waals surface area contributed by atoms with Gasteiger partial charge in [-0.05, 0) is 24.8 Å². The molecular formula is C30H38F3N3O3. The van der Waals surface area contributed by atoms with E-state index in [4.69, 9.17) is 4.74 Å². The molecule has 1 saturated carbocycles. The number of alkyl halides is 3. The number of urea groups is 1. The Morgan fingerprint density at radius 2 is 1.77 bits per heavy atom. The number of benzene rings is 1. The Morgan fingerprint density at radius 1 is 1.08 bits per heavy atom. The van der Waals surface area contributed by atoms with Crippen molar-refractivity contribution in [1.82, 2.24) is 15.1 Å². The van der Waals surface area contributed by atoms with E-state index in [2.05, 4.69) is 11.9 Å². The Kier molecular flexibility index (Phi) is 9.67. The van der Waals surface area contributed by atoms with Crippen LogP contribution >= 0.6 is 0 Å². The summed E-state index contributed by atoms with van der Waals surface area (Å²) in [5.41, 5.74) is -0.573. The molecule has 0 spiro atoms. The molecule has 1 aromatic carbocycles. The maximum absolute atomic E-state index is 13.8. The van der Waals surface area contributed by atoms with Gasteiger partial charge in [-0.3, -0.25) is 9.69 Å². The molecule has 9 heteroatoms. The van der Waals surface area contributed by atoms with E-state index in [-0.39, 0.29) is 24.3 Å². The number of rotatable bonds is 9. The molecule has 0 radical (unpaired) electrons. The van der Waals surface area contributed by atoms with Gasteiger partial charge in [-0.2, -0.15) is 13.2 Å². The van der Waals surface area contributed by atoms with E-state index in [0.29, 0.717) is 52.0 Å². The van der Waals surface area contributed by atoms with Gasteiger partial charge in [0.2, 0.25) is 0 Å². The molecule has 39 heavy (non-hydrogen) atoms. The highest BCUT2D eigenvalue weighted by molar-refractivity contribution is 5.97. The number of Topliss-reactive ketones (excluding diaryl/α,β-unsaturated/α-hetero) is 1. The van der Waals surface area contributed by atoms with E-state index in [1.54, 1.807) is 11.0 Å². The molecular weight excluding hydrogens is 507 g/mol. The summed E-state index contributed by atoms with van der Waals surface area (Å²) < 4.78 is 45.8. The number of halogens is 3. The minimum absolute atomic E-state index is 0.0146. The van der Waals surface area contributed by atoms with Gasteiger partial charge in [0, 0.05) is 38.6 Å². The van der Waals surface area contributed by atoms with Crippen molar-refractivity contribution in [2.24, 2.45) is 0 Å². The van der Waals surface area contributed by atoms with Gasteiger partial charge in [-0.25, -0.2) is 4.79 Å². The van der Waals surface area contributed by atoms with E-state index in [1.165, 1.54) is 12.2 Å².